The van der Waals surface area contributed by atoms with Gasteiger partial charge in [-0.25, -0.2) is 0 Å². The van der Waals surface area contributed by atoms with Gasteiger partial charge in [-0.2, -0.15) is 0 Å². The number of carbonyl (C=O) groups excluding carboxylic acids is 2. The van der Waals surface area contributed by atoms with Gasteiger partial charge in [0.2, 0.25) is 5.91 Å². The molecule has 1 heterocycles. The van der Waals surface area contributed by atoms with Gasteiger partial charge in [0.1, 0.15) is 11.5 Å². The van der Waals surface area contributed by atoms with Gasteiger partial charge in [0.25, 0.3) is 5.91 Å². The first-order chi connectivity index (χ1) is 14.5. The number of ether oxygens (including phenoxy) is 2. The predicted octanol–water partition coefficient (Wildman–Crippen LogP) is 3.37. The van der Waals surface area contributed by atoms with Gasteiger partial charge in [-0.05, 0) is 61.6 Å². The number of rotatable bonds is 7. The van der Waals surface area contributed by atoms with Crippen LogP contribution in [0.25, 0.3) is 0 Å². The lowest BCUT2D eigenvalue weighted by atomic mass is 10.0. The van der Waals surface area contributed by atoms with Crippen molar-refractivity contribution in [3.8, 4) is 11.5 Å². The van der Waals surface area contributed by atoms with E-state index in [2.05, 4.69) is 5.32 Å². The molecule has 6 nitrogen and oxygen atoms in total. The van der Waals surface area contributed by atoms with Crippen LogP contribution in [-0.4, -0.2) is 50.1 Å². The van der Waals surface area contributed by atoms with Crippen LogP contribution in [0.3, 0.4) is 0 Å². The molecule has 1 fully saturated rings. The predicted molar refractivity (Wildman–Crippen MR) is 116 cm³/mol. The molecule has 0 bridgehead atoms. The van der Waals surface area contributed by atoms with E-state index in [4.69, 9.17) is 9.47 Å². The number of amides is 2. The highest BCUT2D eigenvalue weighted by Crippen LogP contribution is 2.25. The van der Waals surface area contributed by atoms with E-state index in [1.54, 1.807) is 14.2 Å². The summed E-state index contributed by atoms with van der Waals surface area (Å²) in [4.78, 5) is 27.1. The minimum absolute atomic E-state index is 0.0389. The Morgan fingerprint density at radius 2 is 1.80 bits per heavy atom. The maximum absolute atomic E-state index is 12.7. The van der Waals surface area contributed by atoms with Crippen molar-refractivity contribution in [3.63, 3.8) is 0 Å². The zero-order valence-corrected chi connectivity index (χ0v) is 17.9. The Bertz CT molecular complexity index is 889. The monoisotopic (exact) mass is 410 g/mol. The Kier molecular flexibility index (Phi) is 7.33. The van der Waals surface area contributed by atoms with Gasteiger partial charge < -0.3 is 19.7 Å². The summed E-state index contributed by atoms with van der Waals surface area (Å²) in [5, 5.41) is 3.11. The molecule has 2 amide bonds. The number of carbonyl (C=O) groups is 2. The summed E-state index contributed by atoms with van der Waals surface area (Å²) in [5.41, 5.74) is 2.64. The fourth-order valence-corrected chi connectivity index (χ4v) is 3.84. The molecule has 3 rings (SSSR count). The van der Waals surface area contributed by atoms with Crippen molar-refractivity contribution >= 4 is 11.8 Å². The number of piperidine rings is 1. The summed E-state index contributed by atoms with van der Waals surface area (Å²) < 4.78 is 10.7. The number of hydrogen-bond donors (Lipinski definition) is 1. The molecule has 0 aromatic heterocycles. The van der Waals surface area contributed by atoms with Crippen LogP contribution >= 0.6 is 0 Å². The number of aryl methyl sites for hydroxylation is 2. The van der Waals surface area contributed by atoms with E-state index in [-0.39, 0.29) is 17.9 Å². The van der Waals surface area contributed by atoms with Crippen molar-refractivity contribution in [3.05, 3.63) is 59.2 Å². The van der Waals surface area contributed by atoms with E-state index in [0.717, 1.165) is 35.5 Å². The van der Waals surface area contributed by atoms with Gasteiger partial charge in [-0.1, -0.05) is 18.2 Å². The average molecular weight is 411 g/mol. The Balaban J connectivity index is 1.49. The SMILES string of the molecule is COc1ccc(OC)c(CCC(=O)N2CCC(NC(=O)c3ccccc3C)CC2)c1. The first-order valence-electron chi connectivity index (χ1n) is 10.4. The lowest BCUT2D eigenvalue weighted by molar-refractivity contribution is -0.132. The Hall–Kier alpha value is -3.02. The summed E-state index contributed by atoms with van der Waals surface area (Å²) in [7, 11) is 3.25. The lowest BCUT2D eigenvalue weighted by Gasteiger charge is -2.32. The maximum Gasteiger partial charge on any atom is 0.251 e. The Morgan fingerprint density at radius 1 is 1.07 bits per heavy atom. The van der Waals surface area contributed by atoms with Crippen molar-refractivity contribution in [2.45, 2.75) is 38.6 Å². The molecule has 0 aliphatic carbocycles. The zero-order chi connectivity index (χ0) is 21.5. The van der Waals surface area contributed by atoms with Gasteiger partial charge in [0, 0.05) is 31.1 Å². The minimum Gasteiger partial charge on any atom is -0.497 e. The number of likely N-dealkylation sites (tertiary alicyclic amines) is 1. The van der Waals surface area contributed by atoms with Gasteiger partial charge in [0.05, 0.1) is 14.2 Å². The fourth-order valence-electron chi connectivity index (χ4n) is 3.84. The second-order valence-electron chi connectivity index (χ2n) is 7.62. The fraction of sp³-hybridized carbons (Fsp3) is 0.417. The van der Waals surface area contributed by atoms with Crippen LogP contribution in [0.1, 0.15) is 40.7 Å². The average Bonchev–Trinajstić information content (AvgIpc) is 2.78. The summed E-state index contributed by atoms with van der Waals surface area (Å²) in [5.74, 6) is 1.61. The van der Waals surface area contributed by atoms with Crippen LogP contribution in [-0.2, 0) is 11.2 Å². The first-order valence-corrected chi connectivity index (χ1v) is 10.4. The second kappa shape index (κ2) is 10.1. The highest BCUT2D eigenvalue weighted by molar-refractivity contribution is 5.95. The van der Waals surface area contributed by atoms with E-state index < -0.39 is 0 Å². The molecular weight excluding hydrogens is 380 g/mol. The molecule has 1 N–H and O–H groups in total. The van der Waals surface area contributed by atoms with E-state index in [0.29, 0.717) is 31.5 Å². The van der Waals surface area contributed by atoms with Crippen molar-refractivity contribution < 1.29 is 19.1 Å². The summed E-state index contributed by atoms with van der Waals surface area (Å²) in [6, 6.07) is 13.3. The van der Waals surface area contributed by atoms with Crippen LogP contribution in [0.15, 0.2) is 42.5 Å². The Labute approximate surface area is 178 Å². The van der Waals surface area contributed by atoms with Crippen molar-refractivity contribution in [1.82, 2.24) is 10.2 Å². The largest absolute Gasteiger partial charge is 0.497 e. The Morgan fingerprint density at radius 3 is 2.47 bits per heavy atom. The van der Waals surface area contributed by atoms with Crippen LogP contribution in [0.2, 0.25) is 0 Å². The molecule has 30 heavy (non-hydrogen) atoms. The quantitative estimate of drug-likeness (QED) is 0.760. The van der Waals surface area contributed by atoms with E-state index in [1.165, 1.54) is 0 Å². The molecule has 0 atom stereocenters. The maximum atomic E-state index is 12.7. The molecule has 160 valence electrons. The van der Waals surface area contributed by atoms with Crippen molar-refractivity contribution in [2.75, 3.05) is 27.3 Å². The molecule has 0 radical (unpaired) electrons. The normalized spacial score (nSPS) is 14.3. The van der Waals surface area contributed by atoms with E-state index in [9.17, 15) is 9.59 Å². The van der Waals surface area contributed by atoms with Gasteiger partial charge in [0.15, 0.2) is 0 Å². The number of methoxy groups -OCH3 is 2. The van der Waals surface area contributed by atoms with E-state index in [1.807, 2.05) is 54.3 Å². The molecule has 2 aromatic rings. The molecule has 1 aliphatic rings. The molecule has 2 aromatic carbocycles. The zero-order valence-electron chi connectivity index (χ0n) is 17.9. The molecule has 0 spiro atoms. The molecule has 6 heteroatoms. The number of nitrogens with one attached hydrogen (secondary N) is 1. The summed E-state index contributed by atoms with van der Waals surface area (Å²) in [6.45, 7) is 3.26. The number of nitrogens with zero attached hydrogens (tertiary/aromatic N) is 1. The topological polar surface area (TPSA) is 67.9 Å². The number of benzene rings is 2. The van der Waals surface area contributed by atoms with Gasteiger partial charge >= 0.3 is 0 Å². The van der Waals surface area contributed by atoms with Crippen LogP contribution in [0, 0.1) is 6.92 Å². The molecule has 0 saturated carbocycles. The second-order valence-corrected chi connectivity index (χ2v) is 7.62. The summed E-state index contributed by atoms with van der Waals surface area (Å²) in [6.07, 6.45) is 2.56. The van der Waals surface area contributed by atoms with Gasteiger partial charge in [-0.15, -0.1) is 0 Å². The number of hydrogen-bond acceptors (Lipinski definition) is 4. The first kappa shape index (κ1) is 21.7. The third-order valence-electron chi connectivity index (χ3n) is 5.67. The third kappa shape index (κ3) is 5.32. The summed E-state index contributed by atoms with van der Waals surface area (Å²) >= 11 is 0. The minimum atomic E-state index is -0.0389. The van der Waals surface area contributed by atoms with Crippen molar-refractivity contribution in [2.24, 2.45) is 0 Å². The van der Waals surface area contributed by atoms with Crippen LogP contribution in [0.5, 0.6) is 11.5 Å². The van der Waals surface area contributed by atoms with Gasteiger partial charge in [-0.3, -0.25) is 9.59 Å². The molecular formula is C24H30N2O4. The highest BCUT2D eigenvalue weighted by Gasteiger charge is 2.24. The van der Waals surface area contributed by atoms with Crippen LogP contribution in [0.4, 0.5) is 0 Å². The molecule has 1 saturated heterocycles. The van der Waals surface area contributed by atoms with Crippen LogP contribution < -0.4 is 14.8 Å². The lowest BCUT2D eigenvalue weighted by Crippen LogP contribution is -2.46. The van der Waals surface area contributed by atoms with E-state index >= 15 is 0 Å². The van der Waals surface area contributed by atoms with Crippen molar-refractivity contribution in [1.29, 1.82) is 0 Å². The highest BCUT2D eigenvalue weighted by atomic mass is 16.5. The smallest absolute Gasteiger partial charge is 0.251 e. The molecule has 0 unspecified atom stereocenters. The standard InChI is InChI=1S/C24H30N2O4/c1-17-6-4-5-7-21(17)24(28)25-19-12-14-26(15-13-19)23(27)11-8-18-16-20(29-2)9-10-22(18)30-3/h4-7,9-10,16,19H,8,11-15H2,1-3H3,(H,25,28). The molecule has 1 aliphatic heterocycles. The third-order valence-corrected chi connectivity index (χ3v) is 5.67.